The fourth-order valence-electron chi connectivity index (χ4n) is 3.04. The molecule has 0 spiro atoms. The Morgan fingerprint density at radius 2 is 1.54 bits per heavy atom. The monoisotopic (exact) mass is 426 g/mol. The van der Waals surface area contributed by atoms with Crippen LogP contribution < -0.4 is 22.6 Å². The van der Waals surface area contributed by atoms with Gasteiger partial charge in [-0.05, 0) is 29.1 Å². The van der Waals surface area contributed by atoms with Gasteiger partial charge in [0.1, 0.15) is 0 Å². The first-order valence-corrected chi connectivity index (χ1v) is 8.95. The molecule has 0 aliphatic carbocycles. The van der Waals surface area contributed by atoms with E-state index in [1.165, 1.54) is 11.3 Å². The van der Waals surface area contributed by atoms with Crippen LogP contribution in [0.1, 0.15) is 15.2 Å². The molecule has 0 bridgehead atoms. The van der Waals surface area contributed by atoms with Gasteiger partial charge in [-0.2, -0.15) is 0 Å². The molecule has 1 N–H and O–H groups in total. The van der Waals surface area contributed by atoms with E-state index in [1.54, 1.807) is 4.57 Å². The number of carbonyl (C=O) groups is 1. The lowest BCUT2D eigenvalue weighted by Gasteiger charge is -2.05. The van der Waals surface area contributed by atoms with Crippen LogP contribution in [0.5, 0.6) is 0 Å². The minimum atomic E-state index is 0. The second-order valence-electron chi connectivity index (χ2n) is 5.87. The smallest absolute Gasteiger partial charge is 0.203 e. The first-order valence-electron chi connectivity index (χ1n) is 8.07. The molecule has 4 aromatic rings. The Kier molecular flexibility index (Phi) is 5.54. The Morgan fingerprint density at radius 3 is 2.19 bits per heavy atom. The van der Waals surface area contributed by atoms with E-state index in [4.69, 9.17) is 5.41 Å². The van der Waals surface area contributed by atoms with Crippen molar-refractivity contribution in [1.29, 1.82) is 5.41 Å². The zero-order chi connectivity index (χ0) is 17.2. The van der Waals surface area contributed by atoms with E-state index < -0.39 is 0 Å². The molecule has 6 heteroatoms. The van der Waals surface area contributed by atoms with E-state index in [0.717, 1.165) is 21.5 Å². The largest absolute Gasteiger partial charge is 1.00 e. The molecular weight excluding hydrogens is 410 g/mol. The number of nitrogens with zero attached hydrogens (tertiary/aromatic N) is 2. The van der Waals surface area contributed by atoms with E-state index in [2.05, 4.69) is 12.1 Å². The minimum absolute atomic E-state index is 0. The van der Waals surface area contributed by atoms with Gasteiger partial charge in [0.2, 0.25) is 5.62 Å². The number of imidazole rings is 1. The molecule has 132 valence electrons. The van der Waals surface area contributed by atoms with Crippen molar-refractivity contribution in [2.75, 3.05) is 0 Å². The average Bonchev–Trinajstić information content (AvgIpc) is 3.26. The number of nitrogens with one attached hydrogen (secondary N) is 1. The van der Waals surface area contributed by atoms with Crippen LogP contribution in [-0.2, 0) is 13.1 Å². The van der Waals surface area contributed by atoms with Crippen molar-refractivity contribution in [2.45, 2.75) is 13.1 Å². The highest BCUT2D eigenvalue weighted by atomic mass is 79.9. The lowest BCUT2D eigenvalue weighted by atomic mass is 10.2. The van der Waals surface area contributed by atoms with Crippen LogP contribution in [0, 0.1) is 5.41 Å². The third-order valence-electron chi connectivity index (χ3n) is 4.26. The van der Waals surface area contributed by atoms with Crippen molar-refractivity contribution >= 4 is 28.2 Å². The molecule has 4 rings (SSSR count). The van der Waals surface area contributed by atoms with Gasteiger partial charge < -0.3 is 26.1 Å². The average molecular weight is 427 g/mol. The molecule has 4 nitrogen and oxygen atoms in total. The molecule has 0 atom stereocenters. The number of rotatable bonds is 5. The maximum atomic E-state index is 12.5. The molecule has 2 aromatic heterocycles. The van der Waals surface area contributed by atoms with E-state index >= 15 is 0 Å². The van der Waals surface area contributed by atoms with Gasteiger partial charge >= 0.3 is 0 Å². The molecule has 26 heavy (non-hydrogen) atoms. The van der Waals surface area contributed by atoms with Crippen LogP contribution in [0.25, 0.3) is 11.0 Å². The van der Waals surface area contributed by atoms with Crippen molar-refractivity contribution in [3.05, 3.63) is 88.2 Å². The summed E-state index contributed by atoms with van der Waals surface area (Å²) in [5.41, 5.74) is 3.35. The second-order valence-corrected chi connectivity index (χ2v) is 6.82. The Hall–Kier alpha value is -2.44. The lowest BCUT2D eigenvalue weighted by molar-refractivity contribution is -0.0000131. The first-order chi connectivity index (χ1) is 12.2. The molecule has 0 unspecified atom stereocenters. The van der Waals surface area contributed by atoms with E-state index in [1.807, 2.05) is 64.5 Å². The summed E-state index contributed by atoms with van der Waals surface area (Å²) in [6.45, 7) is 0.794. The molecule has 0 amide bonds. The summed E-state index contributed by atoms with van der Waals surface area (Å²) in [7, 11) is 0. The molecule has 0 radical (unpaired) electrons. The van der Waals surface area contributed by atoms with Crippen molar-refractivity contribution in [2.24, 2.45) is 0 Å². The predicted molar refractivity (Wildman–Crippen MR) is 100.0 cm³/mol. The summed E-state index contributed by atoms with van der Waals surface area (Å²) in [6.07, 6.45) is 0. The first kappa shape index (κ1) is 18.4. The van der Waals surface area contributed by atoms with E-state index in [0.29, 0.717) is 12.2 Å². The summed E-state index contributed by atoms with van der Waals surface area (Å²) in [5.74, 6) is 0.0381. The lowest BCUT2D eigenvalue weighted by Crippen LogP contribution is -3.00. The van der Waals surface area contributed by atoms with Gasteiger partial charge in [0.25, 0.3) is 0 Å². The highest BCUT2D eigenvalue weighted by molar-refractivity contribution is 7.12. The fraction of sp³-hybridized carbons (Fsp3) is 0.100. The van der Waals surface area contributed by atoms with Gasteiger partial charge in [-0.25, -0.2) is 0 Å². The maximum absolute atomic E-state index is 12.5. The molecule has 0 saturated heterocycles. The number of benzene rings is 2. The molecular formula is C20H17BrN3OS-. The van der Waals surface area contributed by atoms with Gasteiger partial charge in [0.05, 0.1) is 29.0 Å². The van der Waals surface area contributed by atoms with Crippen LogP contribution in [0.15, 0.2) is 72.1 Å². The Labute approximate surface area is 165 Å². The van der Waals surface area contributed by atoms with Crippen molar-refractivity contribution in [3.8, 4) is 0 Å². The Morgan fingerprint density at radius 1 is 0.885 bits per heavy atom. The number of hydrogen-bond donors (Lipinski definition) is 1. The number of thiophene rings is 1. The molecule has 0 aliphatic rings. The van der Waals surface area contributed by atoms with E-state index in [-0.39, 0.29) is 29.3 Å². The predicted octanol–water partition coefficient (Wildman–Crippen LogP) is 0.919. The number of Topliss-reactive ketones (excluding diaryl/α,β-unsaturated/α-hetero) is 1. The number of aromatic nitrogens is 2. The number of para-hydroxylation sites is 2. The van der Waals surface area contributed by atoms with Gasteiger partial charge in [-0.3, -0.25) is 10.2 Å². The number of carbonyl (C=O) groups excluding carboxylic acids is 1. The third-order valence-corrected chi connectivity index (χ3v) is 5.17. The van der Waals surface area contributed by atoms with Gasteiger partial charge in [-0.15, -0.1) is 11.3 Å². The molecule has 2 aromatic carbocycles. The summed E-state index contributed by atoms with van der Waals surface area (Å²) < 4.78 is 3.74. The topological polar surface area (TPSA) is 50.8 Å². The minimum Gasteiger partial charge on any atom is -1.00 e. The summed E-state index contributed by atoms with van der Waals surface area (Å²) in [4.78, 5) is 13.3. The van der Waals surface area contributed by atoms with Crippen LogP contribution in [-0.4, -0.2) is 14.9 Å². The maximum Gasteiger partial charge on any atom is 0.203 e. The second kappa shape index (κ2) is 7.85. The normalized spacial score (nSPS) is 10.6. The quantitative estimate of drug-likeness (QED) is 0.474. The van der Waals surface area contributed by atoms with Crippen LogP contribution in [0.4, 0.5) is 0 Å². The standard InChI is InChI=1S/C20H17N3OS.BrH/c21-20-22(13-15-7-2-1-3-8-15)16-9-4-5-10-17(16)23(20)14-18(24)19-11-6-12-25-19;/h1-12,21H,13-14H2;1H/p-1. The molecule has 0 aliphatic heterocycles. The van der Waals surface area contributed by atoms with Crippen molar-refractivity contribution < 1.29 is 21.8 Å². The number of hydrogen-bond acceptors (Lipinski definition) is 3. The highest BCUT2D eigenvalue weighted by Crippen LogP contribution is 2.16. The third kappa shape index (κ3) is 3.43. The number of ketones is 1. The zero-order valence-corrected chi connectivity index (χ0v) is 16.3. The van der Waals surface area contributed by atoms with Crippen LogP contribution in [0.2, 0.25) is 0 Å². The van der Waals surface area contributed by atoms with Crippen LogP contribution in [0.3, 0.4) is 0 Å². The zero-order valence-electron chi connectivity index (χ0n) is 13.9. The summed E-state index contributed by atoms with van der Waals surface area (Å²) in [6, 6.07) is 21.7. The van der Waals surface area contributed by atoms with Gasteiger partial charge in [0, 0.05) is 0 Å². The van der Waals surface area contributed by atoms with E-state index in [9.17, 15) is 4.79 Å². The van der Waals surface area contributed by atoms with Crippen molar-refractivity contribution in [1.82, 2.24) is 9.13 Å². The molecule has 0 fully saturated rings. The SMILES string of the molecule is N=c1n(CC(=O)c2cccs2)c2ccccc2n1Cc1ccccc1.[Br-]. The summed E-state index contributed by atoms with van der Waals surface area (Å²) in [5, 5.41) is 10.5. The van der Waals surface area contributed by atoms with Crippen molar-refractivity contribution in [3.63, 3.8) is 0 Å². The Bertz CT molecular complexity index is 1080. The fourth-order valence-corrected chi connectivity index (χ4v) is 3.70. The number of fused-ring (bicyclic) bond motifs is 1. The Balaban J connectivity index is 0.00000196. The number of halogens is 1. The molecule has 0 saturated carbocycles. The van der Waals surface area contributed by atoms with Gasteiger partial charge in [0.15, 0.2) is 5.78 Å². The van der Waals surface area contributed by atoms with Crippen LogP contribution >= 0.6 is 11.3 Å². The van der Waals surface area contributed by atoms with Gasteiger partial charge in [-0.1, -0.05) is 48.5 Å². The highest BCUT2D eigenvalue weighted by Gasteiger charge is 2.15. The molecule has 2 heterocycles. The summed E-state index contributed by atoms with van der Waals surface area (Å²) >= 11 is 1.44.